The maximum Gasteiger partial charge on any atom is 0.251 e. The standard InChI is InChI=1S/C25H27N3O3S/c1-16-7-10-18(11-8-16)26-23(30)20-12-9-17-5-3-4-6-19(17)27(20)24(31)21-15-32-25(2)14-13-22(29)28(21)25/h3-8,10-11,20-21H,9,12-15H2,1-2H3,(H,26,30). The van der Waals surface area contributed by atoms with E-state index in [0.717, 1.165) is 29.7 Å². The van der Waals surface area contributed by atoms with E-state index in [2.05, 4.69) is 5.32 Å². The van der Waals surface area contributed by atoms with Crippen molar-refractivity contribution in [3.05, 3.63) is 59.7 Å². The zero-order valence-corrected chi connectivity index (χ0v) is 19.2. The van der Waals surface area contributed by atoms with Crippen LogP contribution in [0.25, 0.3) is 0 Å². The average molecular weight is 450 g/mol. The van der Waals surface area contributed by atoms with Gasteiger partial charge in [0, 0.05) is 23.5 Å². The van der Waals surface area contributed by atoms with E-state index < -0.39 is 12.1 Å². The third kappa shape index (κ3) is 3.48. The first kappa shape index (κ1) is 21.1. The molecule has 0 bridgehead atoms. The van der Waals surface area contributed by atoms with Gasteiger partial charge in [-0.05, 0) is 56.9 Å². The molecule has 3 atom stereocenters. The van der Waals surface area contributed by atoms with Crippen LogP contribution < -0.4 is 10.2 Å². The van der Waals surface area contributed by atoms with Crippen molar-refractivity contribution in [3.63, 3.8) is 0 Å². The maximum absolute atomic E-state index is 13.9. The van der Waals surface area contributed by atoms with Crippen molar-refractivity contribution in [2.24, 2.45) is 0 Å². The van der Waals surface area contributed by atoms with Gasteiger partial charge in [0.05, 0.1) is 4.87 Å². The van der Waals surface area contributed by atoms with E-state index in [1.807, 2.05) is 62.4 Å². The Balaban J connectivity index is 1.47. The number of benzene rings is 2. The number of anilines is 2. The Kier molecular flexibility index (Phi) is 5.24. The molecule has 6 nitrogen and oxygen atoms in total. The van der Waals surface area contributed by atoms with Crippen molar-refractivity contribution in [3.8, 4) is 0 Å². The second kappa shape index (κ2) is 7.96. The number of fused-ring (bicyclic) bond motifs is 2. The highest BCUT2D eigenvalue weighted by atomic mass is 32.2. The monoisotopic (exact) mass is 449 g/mol. The van der Waals surface area contributed by atoms with Gasteiger partial charge in [-0.1, -0.05) is 35.9 Å². The van der Waals surface area contributed by atoms with Crippen LogP contribution in [0.2, 0.25) is 0 Å². The van der Waals surface area contributed by atoms with E-state index in [1.165, 1.54) is 0 Å². The van der Waals surface area contributed by atoms with Gasteiger partial charge in [-0.2, -0.15) is 0 Å². The number of hydrogen-bond acceptors (Lipinski definition) is 4. The van der Waals surface area contributed by atoms with Crippen molar-refractivity contribution in [2.45, 2.75) is 56.5 Å². The molecule has 0 radical (unpaired) electrons. The molecule has 3 heterocycles. The lowest BCUT2D eigenvalue weighted by Crippen LogP contribution is -2.57. The summed E-state index contributed by atoms with van der Waals surface area (Å²) in [5.41, 5.74) is 3.66. The molecule has 7 heteroatoms. The molecule has 1 N–H and O–H groups in total. The Morgan fingerprint density at radius 3 is 2.59 bits per heavy atom. The lowest BCUT2D eigenvalue weighted by Gasteiger charge is -2.39. The summed E-state index contributed by atoms with van der Waals surface area (Å²) in [5, 5.41) is 2.99. The molecule has 0 spiro atoms. The molecule has 0 saturated carbocycles. The largest absolute Gasteiger partial charge is 0.324 e. The zero-order chi connectivity index (χ0) is 22.5. The number of para-hydroxylation sites is 1. The molecule has 32 heavy (non-hydrogen) atoms. The van der Waals surface area contributed by atoms with Crippen LogP contribution >= 0.6 is 11.8 Å². The minimum absolute atomic E-state index is 0.0294. The van der Waals surface area contributed by atoms with Crippen LogP contribution in [-0.2, 0) is 20.8 Å². The fourth-order valence-electron chi connectivity index (χ4n) is 5.09. The van der Waals surface area contributed by atoms with E-state index in [1.54, 1.807) is 21.6 Å². The number of hydrogen-bond donors (Lipinski definition) is 1. The number of carbonyl (C=O) groups excluding carboxylic acids is 3. The molecule has 3 aliphatic rings. The summed E-state index contributed by atoms with van der Waals surface area (Å²) in [4.78, 5) is 43.1. The van der Waals surface area contributed by atoms with Crippen LogP contribution in [-0.4, -0.2) is 45.3 Å². The Morgan fingerprint density at radius 1 is 1.06 bits per heavy atom. The highest BCUT2D eigenvalue weighted by molar-refractivity contribution is 8.01. The van der Waals surface area contributed by atoms with Crippen LogP contribution in [0.15, 0.2) is 48.5 Å². The highest BCUT2D eigenvalue weighted by Gasteiger charge is 2.54. The zero-order valence-electron chi connectivity index (χ0n) is 18.3. The molecule has 0 aliphatic carbocycles. The van der Waals surface area contributed by atoms with Crippen molar-refractivity contribution < 1.29 is 14.4 Å². The summed E-state index contributed by atoms with van der Waals surface area (Å²) < 4.78 is 0. The Bertz CT molecular complexity index is 1090. The fourth-order valence-corrected chi connectivity index (χ4v) is 6.52. The minimum atomic E-state index is -0.617. The topological polar surface area (TPSA) is 69.7 Å². The number of amides is 3. The molecule has 166 valence electrons. The number of carbonyl (C=O) groups is 3. The summed E-state index contributed by atoms with van der Waals surface area (Å²) in [6.07, 6.45) is 2.51. The van der Waals surface area contributed by atoms with E-state index in [0.29, 0.717) is 24.3 Å². The highest BCUT2D eigenvalue weighted by Crippen LogP contribution is 2.48. The molecule has 3 amide bonds. The molecule has 2 saturated heterocycles. The second-order valence-corrected chi connectivity index (χ2v) is 10.5. The number of nitrogens with one attached hydrogen (secondary N) is 1. The number of aryl methyl sites for hydroxylation is 2. The molecular weight excluding hydrogens is 422 g/mol. The fraction of sp³-hybridized carbons (Fsp3) is 0.400. The van der Waals surface area contributed by atoms with Crippen LogP contribution in [0.4, 0.5) is 11.4 Å². The molecular formula is C25H27N3O3S. The van der Waals surface area contributed by atoms with Gasteiger partial charge in [-0.25, -0.2) is 0 Å². The molecule has 2 fully saturated rings. The van der Waals surface area contributed by atoms with Gasteiger partial charge in [0.2, 0.25) is 11.8 Å². The third-order valence-electron chi connectivity index (χ3n) is 6.84. The van der Waals surface area contributed by atoms with Crippen molar-refractivity contribution >= 4 is 40.9 Å². The van der Waals surface area contributed by atoms with E-state index in [-0.39, 0.29) is 22.6 Å². The molecule has 2 aromatic carbocycles. The Morgan fingerprint density at radius 2 is 1.81 bits per heavy atom. The SMILES string of the molecule is Cc1ccc(NC(=O)C2CCc3ccccc3N2C(=O)C2CSC3(C)CCC(=O)N23)cc1. The average Bonchev–Trinajstić information content (AvgIpc) is 3.29. The van der Waals surface area contributed by atoms with Crippen LogP contribution in [0, 0.1) is 6.92 Å². The van der Waals surface area contributed by atoms with Gasteiger partial charge in [-0.3, -0.25) is 19.3 Å². The number of nitrogens with zero attached hydrogens (tertiary/aromatic N) is 2. The summed E-state index contributed by atoms with van der Waals surface area (Å²) in [7, 11) is 0. The Hall–Kier alpha value is -2.80. The van der Waals surface area contributed by atoms with E-state index in [4.69, 9.17) is 0 Å². The molecule has 0 aromatic heterocycles. The number of rotatable bonds is 3. The van der Waals surface area contributed by atoms with Crippen LogP contribution in [0.1, 0.15) is 37.3 Å². The lowest BCUT2D eigenvalue weighted by molar-refractivity contribution is -0.137. The summed E-state index contributed by atoms with van der Waals surface area (Å²) in [6.45, 7) is 4.04. The summed E-state index contributed by atoms with van der Waals surface area (Å²) >= 11 is 1.67. The van der Waals surface area contributed by atoms with Crippen molar-refractivity contribution in [2.75, 3.05) is 16.0 Å². The normalized spacial score (nSPS) is 26.6. The van der Waals surface area contributed by atoms with E-state index >= 15 is 0 Å². The Labute approximate surface area is 192 Å². The molecule has 2 aromatic rings. The van der Waals surface area contributed by atoms with Crippen molar-refractivity contribution in [1.29, 1.82) is 0 Å². The van der Waals surface area contributed by atoms with Crippen LogP contribution in [0.3, 0.4) is 0 Å². The third-order valence-corrected chi connectivity index (χ3v) is 8.34. The maximum atomic E-state index is 13.9. The first-order valence-electron chi connectivity index (χ1n) is 11.1. The first-order chi connectivity index (χ1) is 15.4. The first-order valence-corrected chi connectivity index (χ1v) is 12.1. The van der Waals surface area contributed by atoms with Gasteiger partial charge in [0.1, 0.15) is 12.1 Å². The van der Waals surface area contributed by atoms with Crippen LogP contribution in [0.5, 0.6) is 0 Å². The summed E-state index contributed by atoms with van der Waals surface area (Å²) in [5.74, 6) is 0.235. The smallest absolute Gasteiger partial charge is 0.251 e. The van der Waals surface area contributed by atoms with Gasteiger partial charge >= 0.3 is 0 Å². The van der Waals surface area contributed by atoms with Gasteiger partial charge < -0.3 is 10.2 Å². The van der Waals surface area contributed by atoms with Gasteiger partial charge in [-0.15, -0.1) is 11.8 Å². The summed E-state index contributed by atoms with van der Waals surface area (Å²) in [6, 6.07) is 14.3. The molecule has 5 rings (SSSR count). The quantitative estimate of drug-likeness (QED) is 0.775. The predicted molar refractivity (Wildman–Crippen MR) is 127 cm³/mol. The van der Waals surface area contributed by atoms with Crippen molar-refractivity contribution in [1.82, 2.24) is 4.90 Å². The lowest BCUT2D eigenvalue weighted by atomic mass is 9.94. The molecule has 3 aliphatic heterocycles. The van der Waals surface area contributed by atoms with E-state index in [9.17, 15) is 14.4 Å². The number of thioether (sulfide) groups is 1. The van der Waals surface area contributed by atoms with Gasteiger partial charge in [0.15, 0.2) is 0 Å². The minimum Gasteiger partial charge on any atom is -0.324 e. The molecule has 3 unspecified atom stereocenters. The van der Waals surface area contributed by atoms with Gasteiger partial charge in [0.25, 0.3) is 5.91 Å². The second-order valence-electron chi connectivity index (χ2n) is 9.01. The predicted octanol–water partition coefficient (Wildman–Crippen LogP) is 3.74.